The molecule has 0 spiro atoms. The van der Waals surface area contributed by atoms with Gasteiger partial charge >= 0.3 is 0 Å². The number of benzene rings is 1. The van der Waals surface area contributed by atoms with Crippen LogP contribution in [0.5, 0.6) is 0 Å². The predicted molar refractivity (Wildman–Crippen MR) is 88.4 cm³/mol. The summed E-state index contributed by atoms with van der Waals surface area (Å²) in [6.45, 7) is 6.76. The van der Waals surface area contributed by atoms with E-state index < -0.39 is 0 Å². The van der Waals surface area contributed by atoms with Gasteiger partial charge in [0.05, 0.1) is 9.26 Å². The van der Waals surface area contributed by atoms with Crippen molar-refractivity contribution in [2.45, 2.75) is 27.2 Å². The van der Waals surface area contributed by atoms with Crippen LogP contribution in [0.1, 0.15) is 24.6 Å². The second-order valence-electron chi connectivity index (χ2n) is 4.74. The van der Waals surface area contributed by atoms with Crippen molar-refractivity contribution in [1.82, 2.24) is 9.97 Å². The fourth-order valence-electron chi connectivity index (χ4n) is 1.91. The summed E-state index contributed by atoms with van der Waals surface area (Å²) in [5.41, 5.74) is 2.47. The van der Waals surface area contributed by atoms with Crippen molar-refractivity contribution in [2.75, 3.05) is 11.9 Å². The molecule has 0 aliphatic rings. The van der Waals surface area contributed by atoms with Crippen LogP contribution < -0.4 is 5.32 Å². The summed E-state index contributed by atoms with van der Waals surface area (Å²) >= 11 is 2.23. The molecule has 1 aromatic carbocycles. The number of anilines is 1. The van der Waals surface area contributed by atoms with Gasteiger partial charge in [-0.05, 0) is 66.6 Å². The first kappa shape index (κ1) is 15.2. The van der Waals surface area contributed by atoms with E-state index in [0.29, 0.717) is 11.4 Å². The minimum atomic E-state index is -0.261. The molecule has 1 heterocycles. The van der Waals surface area contributed by atoms with Crippen molar-refractivity contribution >= 4 is 28.4 Å². The molecule has 0 saturated carbocycles. The molecule has 0 atom stereocenters. The molecule has 2 rings (SSSR count). The first-order valence-corrected chi connectivity index (χ1v) is 7.64. The maximum absolute atomic E-state index is 13.5. The Morgan fingerprint density at radius 3 is 2.60 bits per heavy atom. The molecule has 2 aromatic rings. The zero-order valence-electron chi connectivity index (χ0n) is 11.8. The highest BCUT2D eigenvalue weighted by atomic mass is 127. The highest BCUT2D eigenvalue weighted by Crippen LogP contribution is 2.24. The first-order chi connectivity index (χ1) is 9.51. The molecule has 0 radical (unpaired) electrons. The van der Waals surface area contributed by atoms with Crippen molar-refractivity contribution in [1.29, 1.82) is 0 Å². The van der Waals surface area contributed by atoms with Gasteiger partial charge in [-0.25, -0.2) is 14.4 Å². The Balaban J connectivity index is 2.48. The third-order valence-electron chi connectivity index (χ3n) is 2.86. The first-order valence-electron chi connectivity index (χ1n) is 6.57. The quantitative estimate of drug-likeness (QED) is 0.797. The standard InChI is InChI=1S/C15H17FIN3/c1-4-5-18-15-13(17)10(3)19-14(20-15)11-6-9(2)7-12(16)8-11/h6-8H,4-5H2,1-3H3,(H,18,19,20). The number of nitrogens with zero attached hydrogens (tertiary/aromatic N) is 2. The van der Waals surface area contributed by atoms with Crippen molar-refractivity contribution in [3.63, 3.8) is 0 Å². The zero-order chi connectivity index (χ0) is 14.7. The van der Waals surface area contributed by atoms with Gasteiger partial charge in [0.2, 0.25) is 0 Å². The Labute approximate surface area is 132 Å². The van der Waals surface area contributed by atoms with E-state index in [9.17, 15) is 4.39 Å². The van der Waals surface area contributed by atoms with Crippen LogP contribution in [0.25, 0.3) is 11.4 Å². The largest absolute Gasteiger partial charge is 0.369 e. The number of halogens is 2. The van der Waals surface area contributed by atoms with Crippen molar-refractivity contribution in [3.05, 3.63) is 38.8 Å². The van der Waals surface area contributed by atoms with Gasteiger partial charge in [-0.3, -0.25) is 0 Å². The van der Waals surface area contributed by atoms with Gasteiger partial charge < -0.3 is 5.32 Å². The van der Waals surface area contributed by atoms with Crippen molar-refractivity contribution < 1.29 is 4.39 Å². The molecule has 0 aliphatic carbocycles. The van der Waals surface area contributed by atoms with E-state index in [0.717, 1.165) is 33.6 Å². The van der Waals surface area contributed by atoms with E-state index in [1.165, 1.54) is 12.1 Å². The minimum absolute atomic E-state index is 0.261. The summed E-state index contributed by atoms with van der Waals surface area (Å²) in [7, 11) is 0. The summed E-state index contributed by atoms with van der Waals surface area (Å²) < 4.78 is 14.5. The summed E-state index contributed by atoms with van der Waals surface area (Å²) in [5, 5.41) is 3.29. The number of aryl methyl sites for hydroxylation is 2. The van der Waals surface area contributed by atoms with Crippen LogP contribution in [0.3, 0.4) is 0 Å². The SMILES string of the molecule is CCCNc1nc(-c2cc(C)cc(F)c2)nc(C)c1I. The molecule has 0 unspecified atom stereocenters. The van der Waals surface area contributed by atoms with E-state index >= 15 is 0 Å². The smallest absolute Gasteiger partial charge is 0.161 e. The number of hydrogen-bond donors (Lipinski definition) is 1. The summed E-state index contributed by atoms with van der Waals surface area (Å²) in [5.74, 6) is 1.11. The summed E-state index contributed by atoms with van der Waals surface area (Å²) in [6, 6.07) is 4.87. The van der Waals surface area contributed by atoms with Gasteiger partial charge in [0.1, 0.15) is 11.6 Å². The van der Waals surface area contributed by atoms with E-state index in [4.69, 9.17) is 0 Å². The van der Waals surface area contributed by atoms with Crippen LogP contribution in [-0.4, -0.2) is 16.5 Å². The van der Waals surface area contributed by atoms with Gasteiger partial charge in [0, 0.05) is 12.1 Å². The molecule has 0 fully saturated rings. The zero-order valence-corrected chi connectivity index (χ0v) is 14.0. The highest BCUT2D eigenvalue weighted by molar-refractivity contribution is 14.1. The fraction of sp³-hybridized carbons (Fsp3) is 0.333. The maximum Gasteiger partial charge on any atom is 0.161 e. The summed E-state index contributed by atoms with van der Waals surface area (Å²) in [4.78, 5) is 9.00. The normalized spacial score (nSPS) is 10.7. The van der Waals surface area contributed by atoms with Crippen LogP contribution in [0.15, 0.2) is 18.2 Å². The van der Waals surface area contributed by atoms with Gasteiger partial charge in [-0.15, -0.1) is 0 Å². The molecule has 106 valence electrons. The number of hydrogen-bond acceptors (Lipinski definition) is 3. The Bertz CT molecular complexity index is 609. The molecule has 1 aromatic heterocycles. The Morgan fingerprint density at radius 1 is 1.20 bits per heavy atom. The van der Waals surface area contributed by atoms with Gasteiger partial charge in [-0.2, -0.15) is 0 Å². The van der Waals surface area contributed by atoms with Crippen LogP contribution in [0, 0.1) is 23.2 Å². The molecule has 20 heavy (non-hydrogen) atoms. The van der Waals surface area contributed by atoms with Crippen LogP contribution in [0.2, 0.25) is 0 Å². The lowest BCUT2D eigenvalue weighted by molar-refractivity contribution is 0.627. The minimum Gasteiger partial charge on any atom is -0.369 e. The van der Waals surface area contributed by atoms with E-state index in [-0.39, 0.29) is 5.82 Å². The Hall–Kier alpha value is -1.24. The third-order valence-corrected chi connectivity index (χ3v) is 4.15. The molecule has 0 aliphatic heterocycles. The van der Waals surface area contributed by atoms with E-state index in [1.807, 2.05) is 19.9 Å². The average molecular weight is 385 g/mol. The molecule has 0 bridgehead atoms. The lowest BCUT2D eigenvalue weighted by Gasteiger charge is -2.11. The molecule has 5 heteroatoms. The van der Waals surface area contributed by atoms with Gasteiger partial charge in [0.25, 0.3) is 0 Å². The van der Waals surface area contributed by atoms with Crippen molar-refractivity contribution in [3.8, 4) is 11.4 Å². The molecular formula is C15H17FIN3. The lowest BCUT2D eigenvalue weighted by Crippen LogP contribution is -2.07. The second kappa shape index (κ2) is 6.47. The third kappa shape index (κ3) is 3.45. The van der Waals surface area contributed by atoms with Gasteiger partial charge in [-0.1, -0.05) is 6.92 Å². The van der Waals surface area contributed by atoms with Crippen molar-refractivity contribution in [2.24, 2.45) is 0 Å². The lowest BCUT2D eigenvalue weighted by atomic mass is 10.1. The highest BCUT2D eigenvalue weighted by Gasteiger charge is 2.11. The molecule has 0 saturated heterocycles. The fourth-order valence-corrected chi connectivity index (χ4v) is 2.35. The van der Waals surface area contributed by atoms with E-state index in [2.05, 4.69) is 44.8 Å². The van der Waals surface area contributed by atoms with Gasteiger partial charge in [0.15, 0.2) is 5.82 Å². The second-order valence-corrected chi connectivity index (χ2v) is 5.82. The Morgan fingerprint density at radius 2 is 1.95 bits per heavy atom. The molecular weight excluding hydrogens is 368 g/mol. The van der Waals surface area contributed by atoms with Crippen LogP contribution >= 0.6 is 22.6 Å². The maximum atomic E-state index is 13.5. The summed E-state index contributed by atoms with van der Waals surface area (Å²) in [6.07, 6.45) is 1.02. The number of nitrogens with one attached hydrogen (secondary N) is 1. The van der Waals surface area contributed by atoms with E-state index in [1.54, 1.807) is 0 Å². The number of aromatic nitrogens is 2. The predicted octanol–water partition coefficient (Wildman–Crippen LogP) is 4.33. The molecule has 0 amide bonds. The molecule has 1 N–H and O–H groups in total. The van der Waals surface area contributed by atoms with Crippen LogP contribution in [0.4, 0.5) is 10.2 Å². The monoisotopic (exact) mass is 385 g/mol. The topological polar surface area (TPSA) is 37.8 Å². The average Bonchev–Trinajstić information content (AvgIpc) is 2.39. The van der Waals surface area contributed by atoms with Crippen LogP contribution in [-0.2, 0) is 0 Å². The number of rotatable bonds is 4. The Kier molecular flexibility index (Phi) is 4.91. The molecule has 3 nitrogen and oxygen atoms in total.